The van der Waals surface area contributed by atoms with Gasteiger partial charge in [-0.05, 0) is 37.5 Å². The van der Waals surface area contributed by atoms with Gasteiger partial charge in [-0.15, -0.1) is 12.4 Å². The van der Waals surface area contributed by atoms with Crippen LogP contribution in [0.1, 0.15) is 18.4 Å². The average molecular weight is 398 g/mol. The lowest BCUT2D eigenvalue weighted by atomic mass is 10.0. The Morgan fingerprint density at radius 2 is 1.90 bits per heavy atom. The number of rotatable bonds is 2. The normalized spacial score (nSPS) is 17.8. The van der Waals surface area contributed by atoms with E-state index in [4.69, 9.17) is 5.73 Å². The minimum Gasteiger partial charge on any atom is -0.397 e. The molecule has 1 heterocycles. The van der Waals surface area contributed by atoms with Gasteiger partial charge in [0.15, 0.2) is 0 Å². The Kier molecular flexibility index (Phi) is 6.07. The van der Waals surface area contributed by atoms with E-state index in [9.17, 15) is 13.2 Å². The lowest BCUT2D eigenvalue weighted by Crippen LogP contribution is -2.32. The van der Waals surface area contributed by atoms with Crippen LogP contribution in [0, 0.1) is 12.8 Å². The third-order valence-electron chi connectivity index (χ3n) is 3.53. The second-order valence-corrected chi connectivity index (χ2v) is 8.32. The molecule has 1 amide bonds. The van der Waals surface area contributed by atoms with Crippen LogP contribution in [0.15, 0.2) is 16.6 Å². The highest BCUT2D eigenvalue weighted by Crippen LogP contribution is 2.29. The summed E-state index contributed by atoms with van der Waals surface area (Å²) in [5, 5.41) is 2.80. The van der Waals surface area contributed by atoms with Crippen molar-refractivity contribution in [3.05, 3.63) is 22.2 Å². The van der Waals surface area contributed by atoms with E-state index in [0.29, 0.717) is 24.2 Å². The van der Waals surface area contributed by atoms with Crippen molar-refractivity contribution in [1.82, 2.24) is 0 Å². The monoisotopic (exact) mass is 396 g/mol. The molecule has 0 aliphatic carbocycles. The third-order valence-corrected chi connectivity index (χ3v) is 5.71. The second kappa shape index (κ2) is 6.98. The zero-order valence-corrected chi connectivity index (χ0v) is 14.8. The minimum atomic E-state index is -2.96. The maximum Gasteiger partial charge on any atom is 0.227 e. The van der Waals surface area contributed by atoms with Gasteiger partial charge < -0.3 is 11.1 Å². The average Bonchev–Trinajstić information content (AvgIpc) is 2.35. The topological polar surface area (TPSA) is 89.3 Å². The van der Waals surface area contributed by atoms with E-state index in [1.54, 1.807) is 6.07 Å². The summed E-state index contributed by atoms with van der Waals surface area (Å²) in [6.45, 7) is 1.86. The van der Waals surface area contributed by atoms with Crippen molar-refractivity contribution >= 4 is 55.5 Å². The highest BCUT2D eigenvalue weighted by atomic mass is 79.9. The fourth-order valence-electron chi connectivity index (χ4n) is 2.24. The van der Waals surface area contributed by atoms with Gasteiger partial charge in [-0.25, -0.2) is 8.42 Å². The van der Waals surface area contributed by atoms with Gasteiger partial charge in [0.2, 0.25) is 5.91 Å². The van der Waals surface area contributed by atoms with E-state index >= 15 is 0 Å². The fraction of sp³-hybridized carbons (Fsp3) is 0.462. The van der Waals surface area contributed by atoms with Crippen molar-refractivity contribution in [3.8, 4) is 0 Å². The Labute approximate surface area is 139 Å². The summed E-state index contributed by atoms with van der Waals surface area (Å²) >= 11 is 3.36. The van der Waals surface area contributed by atoms with Crippen LogP contribution in [0.5, 0.6) is 0 Å². The van der Waals surface area contributed by atoms with Crippen LogP contribution in [0.3, 0.4) is 0 Å². The number of aryl methyl sites for hydroxylation is 1. The van der Waals surface area contributed by atoms with Crippen LogP contribution in [0.4, 0.5) is 11.4 Å². The summed E-state index contributed by atoms with van der Waals surface area (Å²) in [5.41, 5.74) is 7.91. The summed E-state index contributed by atoms with van der Waals surface area (Å²) < 4.78 is 23.6. The van der Waals surface area contributed by atoms with Crippen LogP contribution in [0.2, 0.25) is 0 Å². The molecule has 0 aromatic heterocycles. The third kappa shape index (κ3) is 4.59. The standard InChI is InChI=1S/C13H17BrN2O3S.ClH/c1-8-6-10(14)7-11(12(8)15)16-13(17)9-2-4-20(18,19)5-3-9;/h6-7,9H,2-5,15H2,1H3,(H,16,17);1H. The number of anilines is 2. The summed E-state index contributed by atoms with van der Waals surface area (Å²) in [5.74, 6) is -0.266. The molecule has 1 saturated heterocycles. The van der Waals surface area contributed by atoms with Gasteiger partial charge in [-0.2, -0.15) is 0 Å². The number of nitrogen functional groups attached to an aromatic ring is 1. The number of carbonyl (C=O) groups is 1. The van der Waals surface area contributed by atoms with Crippen LogP contribution >= 0.6 is 28.3 Å². The molecule has 1 aromatic rings. The van der Waals surface area contributed by atoms with Gasteiger partial charge in [0.1, 0.15) is 9.84 Å². The molecule has 1 fully saturated rings. The second-order valence-electron chi connectivity index (χ2n) is 5.10. The fourth-order valence-corrected chi connectivity index (χ4v) is 4.31. The molecule has 8 heteroatoms. The molecule has 0 radical (unpaired) electrons. The first-order valence-corrected chi connectivity index (χ1v) is 8.97. The molecule has 1 aliphatic heterocycles. The van der Waals surface area contributed by atoms with Gasteiger partial charge >= 0.3 is 0 Å². The molecule has 0 unspecified atom stereocenters. The zero-order valence-electron chi connectivity index (χ0n) is 11.6. The Balaban J connectivity index is 0.00000220. The predicted molar refractivity (Wildman–Crippen MR) is 90.5 cm³/mol. The van der Waals surface area contributed by atoms with Crippen LogP contribution < -0.4 is 11.1 Å². The van der Waals surface area contributed by atoms with Gasteiger partial charge in [0.05, 0.1) is 22.9 Å². The maximum atomic E-state index is 12.2. The number of hydrogen-bond acceptors (Lipinski definition) is 4. The van der Waals surface area contributed by atoms with E-state index in [2.05, 4.69) is 21.2 Å². The highest BCUT2D eigenvalue weighted by Gasteiger charge is 2.28. The van der Waals surface area contributed by atoms with Gasteiger partial charge in [0.25, 0.3) is 0 Å². The van der Waals surface area contributed by atoms with Crippen molar-refractivity contribution in [2.24, 2.45) is 5.92 Å². The highest BCUT2D eigenvalue weighted by molar-refractivity contribution is 9.10. The summed E-state index contributed by atoms with van der Waals surface area (Å²) in [7, 11) is -2.96. The maximum absolute atomic E-state index is 12.2. The molecule has 1 aromatic carbocycles. The van der Waals surface area contributed by atoms with Gasteiger partial charge in [0, 0.05) is 10.4 Å². The van der Waals surface area contributed by atoms with Crippen molar-refractivity contribution in [3.63, 3.8) is 0 Å². The first-order valence-electron chi connectivity index (χ1n) is 6.35. The molecular weight excluding hydrogens is 380 g/mol. The molecule has 1 aliphatic rings. The molecule has 0 saturated carbocycles. The Bertz CT molecular complexity index is 635. The number of halogens is 2. The lowest BCUT2D eigenvalue weighted by Gasteiger charge is -2.21. The molecular formula is C13H18BrClN2O3S. The molecule has 21 heavy (non-hydrogen) atoms. The molecule has 0 atom stereocenters. The van der Waals surface area contributed by atoms with E-state index in [0.717, 1.165) is 10.0 Å². The lowest BCUT2D eigenvalue weighted by molar-refractivity contribution is -0.120. The Hall–Kier alpha value is -0.790. The number of sulfone groups is 1. The van der Waals surface area contributed by atoms with E-state index in [1.165, 1.54) is 0 Å². The van der Waals surface area contributed by atoms with Crippen molar-refractivity contribution in [2.45, 2.75) is 19.8 Å². The number of nitrogens with one attached hydrogen (secondary N) is 1. The summed E-state index contributed by atoms with van der Waals surface area (Å²) in [6, 6.07) is 3.62. The van der Waals surface area contributed by atoms with Crippen LogP contribution in [-0.2, 0) is 14.6 Å². The van der Waals surface area contributed by atoms with Gasteiger partial charge in [-0.1, -0.05) is 15.9 Å². The SMILES string of the molecule is Cc1cc(Br)cc(NC(=O)C2CCS(=O)(=O)CC2)c1N.Cl. The molecule has 3 N–H and O–H groups in total. The number of amides is 1. The number of hydrogen-bond donors (Lipinski definition) is 2. The van der Waals surface area contributed by atoms with Gasteiger partial charge in [-0.3, -0.25) is 4.79 Å². The first kappa shape index (κ1) is 18.3. The van der Waals surface area contributed by atoms with Crippen LogP contribution in [-0.4, -0.2) is 25.8 Å². The van der Waals surface area contributed by atoms with Crippen LogP contribution in [0.25, 0.3) is 0 Å². The van der Waals surface area contributed by atoms with E-state index in [1.807, 2.05) is 13.0 Å². The molecule has 0 spiro atoms. The van der Waals surface area contributed by atoms with E-state index in [-0.39, 0.29) is 35.7 Å². The minimum absolute atomic E-state index is 0. The number of nitrogens with two attached hydrogens (primary N) is 1. The molecule has 118 valence electrons. The summed E-state index contributed by atoms with van der Waals surface area (Å²) in [6.07, 6.45) is 0.752. The zero-order chi connectivity index (χ0) is 14.9. The number of carbonyl (C=O) groups excluding carboxylic acids is 1. The first-order chi connectivity index (χ1) is 9.28. The predicted octanol–water partition coefficient (Wildman–Crippen LogP) is 2.52. The van der Waals surface area contributed by atoms with E-state index < -0.39 is 9.84 Å². The smallest absolute Gasteiger partial charge is 0.227 e. The quantitative estimate of drug-likeness (QED) is 0.750. The largest absolute Gasteiger partial charge is 0.397 e. The summed E-state index contributed by atoms with van der Waals surface area (Å²) in [4.78, 5) is 12.2. The molecule has 2 rings (SSSR count). The Morgan fingerprint density at radius 1 is 1.33 bits per heavy atom. The molecule has 5 nitrogen and oxygen atoms in total. The van der Waals surface area contributed by atoms with Crippen molar-refractivity contribution < 1.29 is 13.2 Å². The number of benzene rings is 1. The van der Waals surface area contributed by atoms with Crippen molar-refractivity contribution in [2.75, 3.05) is 22.6 Å². The Morgan fingerprint density at radius 3 is 2.48 bits per heavy atom. The van der Waals surface area contributed by atoms with Crippen molar-refractivity contribution in [1.29, 1.82) is 0 Å². The molecule has 0 bridgehead atoms.